The summed E-state index contributed by atoms with van der Waals surface area (Å²) in [4.78, 5) is 4.39. The highest BCUT2D eigenvalue weighted by Crippen LogP contribution is 2.50. The number of fused-ring (bicyclic) bond motifs is 1. The van der Waals surface area contributed by atoms with E-state index in [1.807, 2.05) is 12.3 Å². The largest absolute Gasteiger partial charge is 0.312 e. The van der Waals surface area contributed by atoms with Crippen LogP contribution in [-0.2, 0) is 6.54 Å². The van der Waals surface area contributed by atoms with Crippen molar-refractivity contribution in [3.05, 3.63) is 42.1 Å². The Morgan fingerprint density at radius 1 is 1.28 bits per heavy atom. The van der Waals surface area contributed by atoms with E-state index in [4.69, 9.17) is 0 Å². The van der Waals surface area contributed by atoms with Gasteiger partial charge in [-0.15, -0.1) is 0 Å². The van der Waals surface area contributed by atoms with Crippen molar-refractivity contribution in [1.29, 1.82) is 0 Å². The summed E-state index contributed by atoms with van der Waals surface area (Å²) in [5, 5.41) is 4.85. The van der Waals surface area contributed by atoms with Crippen LogP contribution in [0.5, 0.6) is 0 Å². The van der Waals surface area contributed by atoms with E-state index in [1.165, 1.54) is 17.4 Å². The van der Waals surface area contributed by atoms with Gasteiger partial charge >= 0.3 is 0 Å². The van der Waals surface area contributed by atoms with E-state index in [2.05, 4.69) is 48.4 Å². The predicted octanol–water partition coefficient (Wildman–Crippen LogP) is 3.37. The van der Waals surface area contributed by atoms with Crippen LogP contribution in [0.4, 0.5) is 0 Å². The van der Waals surface area contributed by atoms with Crippen molar-refractivity contribution >= 4 is 10.9 Å². The Morgan fingerprint density at radius 3 is 2.83 bits per heavy atom. The normalized spacial score (nSPS) is 21.1. The molecule has 18 heavy (non-hydrogen) atoms. The van der Waals surface area contributed by atoms with Crippen molar-refractivity contribution in [2.45, 2.75) is 26.8 Å². The third-order valence-corrected chi connectivity index (χ3v) is 4.16. The summed E-state index contributed by atoms with van der Waals surface area (Å²) in [6.07, 6.45) is 3.26. The molecule has 1 heterocycles. The summed E-state index contributed by atoms with van der Waals surface area (Å²) in [5.74, 6) is 0.852. The number of nitrogens with zero attached hydrogens (tertiary/aromatic N) is 1. The predicted molar refractivity (Wildman–Crippen MR) is 75.3 cm³/mol. The number of benzene rings is 1. The number of pyridine rings is 1. The second kappa shape index (κ2) is 4.36. The van der Waals surface area contributed by atoms with Crippen molar-refractivity contribution in [2.24, 2.45) is 11.3 Å². The molecule has 1 fully saturated rings. The minimum Gasteiger partial charge on any atom is -0.312 e. The molecule has 1 N–H and O–H groups in total. The summed E-state index contributed by atoms with van der Waals surface area (Å²) in [6, 6.07) is 10.5. The van der Waals surface area contributed by atoms with Crippen molar-refractivity contribution < 1.29 is 0 Å². The van der Waals surface area contributed by atoms with E-state index >= 15 is 0 Å². The second-order valence-corrected chi connectivity index (χ2v) is 6.01. The van der Waals surface area contributed by atoms with Gasteiger partial charge in [0.25, 0.3) is 0 Å². The number of hydrogen-bond acceptors (Lipinski definition) is 2. The topological polar surface area (TPSA) is 24.9 Å². The maximum absolute atomic E-state index is 4.39. The summed E-state index contributed by atoms with van der Waals surface area (Å²) < 4.78 is 0. The molecule has 1 aliphatic rings. The van der Waals surface area contributed by atoms with Crippen LogP contribution in [0.2, 0.25) is 0 Å². The Bertz CT molecular complexity index is 555. The minimum absolute atomic E-state index is 0.563. The molecular formula is C16H20N2. The van der Waals surface area contributed by atoms with E-state index in [-0.39, 0.29) is 0 Å². The number of hydrogen-bond donors (Lipinski definition) is 1. The Morgan fingerprint density at radius 2 is 2.06 bits per heavy atom. The van der Waals surface area contributed by atoms with Gasteiger partial charge in [-0.05, 0) is 42.0 Å². The molecule has 2 heteroatoms. The van der Waals surface area contributed by atoms with E-state index in [0.717, 1.165) is 24.5 Å². The highest BCUT2D eigenvalue weighted by atomic mass is 14.9. The van der Waals surface area contributed by atoms with Crippen molar-refractivity contribution in [2.75, 3.05) is 6.54 Å². The average molecular weight is 240 g/mol. The van der Waals surface area contributed by atoms with Crippen LogP contribution in [0.15, 0.2) is 36.5 Å². The minimum atomic E-state index is 0.563. The third-order valence-electron chi connectivity index (χ3n) is 4.16. The molecule has 3 rings (SSSR count). The van der Waals surface area contributed by atoms with Gasteiger partial charge in [-0.2, -0.15) is 0 Å². The Hall–Kier alpha value is -1.41. The highest BCUT2D eigenvalue weighted by Gasteiger charge is 2.44. The van der Waals surface area contributed by atoms with Gasteiger partial charge in [0, 0.05) is 18.1 Å². The Labute approximate surface area is 108 Å². The summed E-state index contributed by atoms with van der Waals surface area (Å²) in [7, 11) is 0. The van der Waals surface area contributed by atoms with Gasteiger partial charge in [-0.3, -0.25) is 4.98 Å². The third kappa shape index (κ3) is 2.25. The summed E-state index contributed by atoms with van der Waals surface area (Å²) >= 11 is 0. The highest BCUT2D eigenvalue weighted by molar-refractivity contribution is 5.81. The van der Waals surface area contributed by atoms with Gasteiger partial charge in [-0.1, -0.05) is 32.0 Å². The van der Waals surface area contributed by atoms with Crippen LogP contribution in [0, 0.1) is 11.3 Å². The molecule has 0 saturated heterocycles. The molecule has 1 unspecified atom stereocenters. The van der Waals surface area contributed by atoms with Crippen LogP contribution in [0.25, 0.3) is 10.9 Å². The maximum atomic E-state index is 4.39. The molecule has 0 aliphatic heterocycles. The lowest BCUT2D eigenvalue weighted by Gasteiger charge is -2.08. The lowest BCUT2D eigenvalue weighted by molar-refractivity contribution is 0.520. The molecule has 94 valence electrons. The van der Waals surface area contributed by atoms with Crippen molar-refractivity contribution in [1.82, 2.24) is 10.3 Å². The molecular weight excluding hydrogens is 220 g/mol. The lowest BCUT2D eigenvalue weighted by atomic mass is 10.1. The monoisotopic (exact) mass is 240 g/mol. The molecule has 0 radical (unpaired) electrons. The van der Waals surface area contributed by atoms with E-state index in [0.29, 0.717) is 5.41 Å². The summed E-state index contributed by atoms with van der Waals surface area (Å²) in [5.41, 5.74) is 3.00. The van der Waals surface area contributed by atoms with E-state index in [9.17, 15) is 0 Å². The smallest absolute Gasteiger partial charge is 0.0705 e. The number of rotatable bonds is 4. The molecule has 1 aromatic carbocycles. The maximum Gasteiger partial charge on any atom is 0.0705 e. The van der Waals surface area contributed by atoms with Gasteiger partial charge in [0.1, 0.15) is 0 Å². The zero-order valence-corrected chi connectivity index (χ0v) is 11.1. The standard InChI is InChI=1S/C16H20N2/c1-16(2)9-13(16)11-17-10-12-7-8-18-15-6-4-3-5-14(12)15/h3-8,13,17H,9-11H2,1-2H3. The molecule has 0 bridgehead atoms. The molecule has 2 aromatic rings. The van der Waals surface area contributed by atoms with Gasteiger partial charge in [0.15, 0.2) is 0 Å². The first-order chi connectivity index (χ1) is 8.67. The molecule has 1 aliphatic carbocycles. The first-order valence-corrected chi connectivity index (χ1v) is 6.70. The number of para-hydroxylation sites is 1. The first kappa shape index (κ1) is 11.7. The van der Waals surface area contributed by atoms with Gasteiger partial charge < -0.3 is 5.32 Å². The zero-order valence-electron chi connectivity index (χ0n) is 11.1. The average Bonchev–Trinajstić information content (AvgIpc) is 2.97. The molecule has 0 amide bonds. The number of aromatic nitrogens is 1. The van der Waals surface area contributed by atoms with Crippen LogP contribution in [-0.4, -0.2) is 11.5 Å². The van der Waals surface area contributed by atoms with Gasteiger partial charge in [-0.25, -0.2) is 0 Å². The lowest BCUT2D eigenvalue weighted by Crippen LogP contribution is -2.18. The second-order valence-electron chi connectivity index (χ2n) is 6.01. The van der Waals surface area contributed by atoms with Gasteiger partial charge in [0.2, 0.25) is 0 Å². The van der Waals surface area contributed by atoms with Crippen LogP contribution in [0.1, 0.15) is 25.8 Å². The van der Waals surface area contributed by atoms with Crippen molar-refractivity contribution in [3.63, 3.8) is 0 Å². The SMILES string of the molecule is CC1(C)CC1CNCc1ccnc2ccccc12. The van der Waals surface area contributed by atoms with E-state index in [1.54, 1.807) is 0 Å². The van der Waals surface area contributed by atoms with Gasteiger partial charge in [0.05, 0.1) is 5.52 Å². The molecule has 2 nitrogen and oxygen atoms in total. The van der Waals surface area contributed by atoms with Crippen molar-refractivity contribution in [3.8, 4) is 0 Å². The van der Waals surface area contributed by atoms with Crippen LogP contribution < -0.4 is 5.32 Å². The summed E-state index contributed by atoms with van der Waals surface area (Å²) in [6.45, 7) is 6.77. The zero-order chi connectivity index (χ0) is 12.6. The molecule has 1 atom stereocenters. The molecule has 1 saturated carbocycles. The fourth-order valence-corrected chi connectivity index (χ4v) is 2.61. The molecule has 0 spiro atoms. The Balaban J connectivity index is 1.68. The first-order valence-electron chi connectivity index (χ1n) is 6.70. The van der Waals surface area contributed by atoms with Crippen LogP contribution in [0.3, 0.4) is 0 Å². The van der Waals surface area contributed by atoms with Crippen LogP contribution >= 0.6 is 0 Å². The fourth-order valence-electron chi connectivity index (χ4n) is 2.61. The Kier molecular flexibility index (Phi) is 2.83. The molecule has 1 aromatic heterocycles. The van der Waals surface area contributed by atoms with E-state index < -0.39 is 0 Å². The number of nitrogens with one attached hydrogen (secondary N) is 1. The quantitative estimate of drug-likeness (QED) is 0.886. The fraction of sp³-hybridized carbons (Fsp3) is 0.438.